The summed E-state index contributed by atoms with van der Waals surface area (Å²) in [6, 6.07) is 4.83. The molecule has 0 bridgehead atoms. The Bertz CT molecular complexity index is 685. The van der Waals surface area contributed by atoms with Crippen molar-refractivity contribution in [1.29, 1.82) is 0 Å². The Morgan fingerprint density at radius 1 is 1.18 bits per heavy atom. The van der Waals surface area contributed by atoms with Crippen LogP contribution in [0, 0.1) is 10.1 Å². The Morgan fingerprint density at radius 3 is 2.57 bits per heavy atom. The molecule has 1 N–H and O–H groups in total. The lowest BCUT2D eigenvalue weighted by molar-refractivity contribution is -0.385. The highest BCUT2D eigenvalue weighted by molar-refractivity contribution is 5.99. The largest absolute Gasteiger partial charge is 0.379 e. The lowest BCUT2D eigenvalue weighted by Gasteiger charge is -2.34. The predicted octanol–water partition coefficient (Wildman–Crippen LogP) is 0.799. The molecule has 0 saturated carbocycles. The maximum Gasteiger partial charge on any atom is 0.282 e. The Morgan fingerprint density at radius 2 is 1.89 bits per heavy atom. The van der Waals surface area contributed by atoms with Crippen LogP contribution >= 0.6 is 0 Å². The fourth-order valence-electron chi connectivity index (χ4n) is 3.55. The van der Waals surface area contributed by atoms with Crippen LogP contribution in [0.25, 0.3) is 0 Å². The highest BCUT2D eigenvalue weighted by Gasteiger charge is 2.23. The molecule has 0 spiro atoms. The minimum atomic E-state index is -0.490. The lowest BCUT2D eigenvalue weighted by atomic mass is 10.1. The van der Waals surface area contributed by atoms with Crippen LogP contribution in [0.5, 0.6) is 0 Å². The number of nitro groups is 1. The van der Waals surface area contributed by atoms with E-state index in [1.807, 2.05) is 0 Å². The van der Waals surface area contributed by atoms with E-state index in [-0.39, 0.29) is 17.2 Å². The molecule has 1 aromatic carbocycles. The number of nitro benzene ring substituents is 1. The molecular weight excluding hydrogens is 362 g/mol. The number of nitrogens with zero attached hydrogens (tertiary/aromatic N) is 4. The Balaban J connectivity index is 1.60. The zero-order valence-electron chi connectivity index (χ0n) is 16.4. The molecule has 3 rings (SSSR count). The van der Waals surface area contributed by atoms with Gasteiger partial charge >= 0.3 is 0 Å². The number of likely N-dealkylation sites (N-methyl/N-ethyl adjacent to an activating group) is 1. The van der Waals surface area contributed by atoms with Crippen LogP contribution in [0.2, 0.25) is 0 Å². The number of nitrogens with one attached hydrogen (secondary N) is 1. The van der Waals surface area contributed by atoms with Gasteiger partial charge in [0, 0.05) is 57.6 Å². The minimum Gasteiger partial charge on any atom is -0.379 e. The number of piperazine rings is 1. The second-order valence-electron chi connectivity index (χ2n) is 7.31. The molecule has 0 aromatic heterocycles. The molecule has 1 amide bonds. The molecular formula is C19H29N5O4. The summed E-state index contributed by atoms with van der Waals surface area (Å²) in [5.74, 6) is -0.385. The molecule has 1 aromatic rings. The summed E-state index contributed by atoms with van der Waals surface area (Å²) in [4.78, 5) is 30.2. The van der Waals surface area contributed by atoms with E-state index in [2.05, 4.69) is 27.1 Å². The molecule has 2 aliphatic heterocycles. The molecule has 28 heavy (non-hydrogen) atoms. The average molecular weight is 391 g/mol. The first kappa shape index (κ1) is 20.5. The highest BCUT2D eigenvalue weighted by Crippen LogP contribution is 2.26. The summed E-state index contributed by atoms with van der Waals surface area (Å²) < 4.78 is 5.32. The van der Waals surface area contributed by atoms with E-state index in [4.69, 9.17) is 4.74 Å². The van der Waals surface area contributed by atoms with Gasteiger partial charge in [-0.2, -0.15) is 0 Å². The fourth-order valence-corrected chi connectivity index (χ4v) is 3.55. The molecule has 154 valence electrons. The second-order valence-corrected chi connectivity index (χ2v) is 7.31. The molecule has 2 heterocycles. The number of ether oxygens (including phenoxy) is 1. The van der Waals surface area contributed by atoms with Crippen molar-refractivity contribution in [2.75, 3.05) is 77.5 Å². The van der Waals surface area contributed by atoms with Gasteiger partial charge in [-0.05, 0) is 32.1 Å². The van der Waals surface area contributed by atoms with Crippen molar-refractivity contribution < 1.29 is 14.5 Å². The normalized spacial score (nSPS) is 18.8. The smallest absolute Gasteiger partial charge is 0.282 e. The summed E-state index contributed by atoms with van der Waals surface area (Å²) in [6.45, 7) is 8.23. The third-order valence-electron chi connectivity index (χ3n) is 5.33. The number of hydrogen-bond donors (Lipinski definition) is 1. The van der Waals surface area contributed by atoms with Crippen molar-refractivity contribution in [2.24, 2.45) is 0 Å². The van der Waals surface area contributed by atoms with Gasteiger partial charge in [-0.15, -0.1) is 0 Å². The van der Waals surface area contributed by atoms with Gasteiger partial charge in [0.2, 0.25) is 0 Å². The second kappa shape index (κ2) is 9.81. The van der Waals surface area contributed by atoms with E-state index >= 15 is 0 Å². The molecule has 0 unspecified atom stereocenters. The molecule has 0 radical (unpaired) electrons. The first-order chi connectivity index (χ1) is 13.5. The maximum atomic E-state index is 12.6. The maximum absolute atomic E-state index is 12.6. The van der Waals surface area contributed by atoms with Crippen molar-refractivity contribution in [2.45, 2.75) is 6.42 Å². The number of carbonyl (C=O) groups excluding carboxylic acids is 1. The molecule has 2 saturated heterocycles. The summed E-state index contributed by atoms with van der Waals surface area (Å²) in [5.41, 5.74) is 0.841. The van der Waals surface area contributed by atoms with E-state index in [9.17, 15) is 14.9 Å². The number of morpholine rings is 1. The predicted molar refractivity (Wildman–Crippen MR) is 107 cm³/mol. The number of hydrogen-bond acceptors (Lipinski definition) is 7. The van der Waals surface area contributed by atoms with Crippen LogP contribution in [-0.4, -0.2) is 93.2 Å². The third kappa shape index (κ3) is 5.40. The van der Waals surface area contributed by atoms with Gasteiger partial charge in [-0.3, -0.25) is 19.8 Å². The number of amides is 1. The van der Waals surface area contributed by atoms with Crippen LogP contribution in [-0.2, 0) is 4.74 Å². The van der Waals surface area contributed by atoms with Gasteiger partial charge in [-0.1, -0.05) is 0 Å². The number of carbonyl (C=O) groups is 1. The molecule has 9 nitrogen and oxygen atoms in total. The van der Waals surface area contributed by atoms with Crippen LogP contribution < -0.4 is 10.2 Å². The van der Waals surface area contributed by atoms with Crippen LogP contribution in [0.3, 0.4) is 0 Å². The first-order valence-electron chi connectivity index (χ1n) is 9.85. The summed E-state index contributed by atoms with van der Waals surface area (Å²) in [6.07, 6.45) is 0.803. The zero-order chi connectivity index (χ0) is 19.9. The van der Waals surface area contributed by atoms with Gasteiger partial charge in [0.1, 0.15) is 5.56 Å². The topological polar surface area (TPSA) is 91.2 Å². The minimum absolute atomic E-state index is 0.132. The molecule has 2 fully saturated rings. The molecule has 9 heteroatoms. The van der Waals surface area contributed by atoms with E-state index in [0.717, 1.165) is 71.1 Å². The van der Waals surface area contributed by atoms with Crippen LogP contribution in [0.4, 0.5) is 11.4 Å². The van der Waals surface area contributed by atoms with Gasteiger partial charge in [0.25, 0.3) is 11.6 Å². The van der Waals surface area contributed by atoms with E-state index in [1.165, 1.54) is 6.07 Å². The SMILES string of the molecule is CN1CCN(c2ccc([N+](=O)[O-])c(C(=O)NCCCN3CCOCC3)c2)CC1. The van der Waals surface area contributed by atoms with Crippen LogP contribution in [0.15, 0.2) is 18.2 Å². The summed E-state index contributed by atoms with van der Waals surface area (Å²) in [7, 11) is 2.07. The first-order valence-corrected chi connectivity index (χ1v) is 9.85. The van der Waals surface area contributed by atoms with Gasteiger partial charge in [-0.25, -0.2) is 0 Å². The van der Waals surface area contributed by atoms with Crippen molar-refractivity contribution >= 4 is 17.3 Å². The lowest BCUT2D eigenvalue weighted by Crippen LogP contribution is -2.44. The van der Waals surface area contributed by atoms with Crippen molar-refractivity contribution in [3.63, 3.8) is 0 Å². The molecule has 2 aliphatic rings. The van der Waals surface area contributed by atoms with Gasteiger partial charge in [0.15, 0.2) is 0 Å². The Hall–Kier alpha value is -2.23. The summed E-state index contributed by atoms with van der Waals surface area (Å²) in [5, 5.41) is 14.2. The Kier molecular flexibility index (Phi) is 7.18. The quantitative estimate of drug-likeness (QED) is 0.418. The summed E-state index contributed by atoms with van der Waals surface area (Å²) >= 11 is 0. The van der Waals surface area contributed by atoms with Gasteiger partial charge in [0.05, 0.1) is 18.1 Å². The molecule has 0 atom stereocenters. The standard InChI is InChI=1S/C19H29N5O4/c1-21-7-9-23(10-8-21)16-3-4-18(24(26)27)17(15-16)19(25)20-5-2-6-22-11-13-28-14-12-22/h3-4,15H,2,5-14H2,1H3,(H,20,25). The number of anilines is 1. The van der Waals surface area contributed by atoms with Crippen LogP contribution in [0.1, 0.15) is 16.8 Å². The van der Waals surface area contributed by atoms with Crippen molar-refractivity contribution in [1.82, 2.24) is 15.1 Å². The van der Waals surface area contributed by atoms with E-state index in [0.29, 0.717) is 6.54 Å². The average Bonchev–Trinajstić information content (AvgIpc) is 2.72. The fraction of sp³-hybridized carbons (Fsp3) is 0.632. The zero-order valence-corrected chi connectivity index (χ0v) is 16.4. The molecule has 0 aliphatic carbocycles. The van der Waals surface area contributed by atoms with Crippen molar-refractivity contribution in [3.05, 3.63) is 33.9 Å². The van der Waals surface area contributed by atoms with Gasteiger partial charge < -0.3 is 19.9 Å². The highest BCUT2D eigenvalue weighted by atomic mass is 16.6. The van der Waals surface area contributed by atoms with E-state index < -0.39 is 4.92 Å². The monoisotopic (exact) mass is 391 g/mol. The number of benzene rings is 1. The van der Waals surface area contributed by atoms with Crippen molar-refractivity contribution in [3.8, 4) is 0 Å². The third-order valence-corrected chi connectivity index (χ3v) is 5.33. The number of rotatable bonds is 7. The Labute approximate surface area is 165 Å². The van der Waals surface area contributed by atoms with E-state index in [1.54, 1.807) is 12.1 Å².